The number of hydrogen-bond donors (Lipinski definition) is 2. The van der Waals surface area contributed by atoms with Gasteiger partial charge in [-0.05, 0) is 30.5 Å². The van der Waals surface area contributed by atoms with Gasteiger partial charge in [0, 0.05) is 24.4 Å². The molecule has 152 valence electrons. The van der Waals surface area contributed by atoms with Crippen molar-refractivity contribution in [3.8, 4) is 0 Å². The number of aliphatic carboxylic acids is 2. The Hall–Kier alpha value is -3.39. The van der Waals surface area contributed by atoms with Crippen LogP contribution in [-0.2, 0) is 25.7 Å². The molecular weight excluding hydrogens is 378 g/mol. The Morgan fingerprint density at radius 2 is 1.76 bits per heavy atom. The molecule has 1 atom stereocenters. The molecule has 0 saturated carbocycles. The van der Waals surface area contributed by atoms with E-state index in [0.29, 0.717) is 5.56 Å². The highest BCUT2D eigenvalue weighted by atomic mass is 16.5. The summed E-state index contributed by atoms with van der Waals surface area (Å²) in [6.45, 7) is 1.06. The van der Waals surface area contributed by atoms with E-state index in [1.165, 1.54) is 12.3 Å². The minimum absolute atomic E-state index is 0.0431. The zero-order valence-corrected chi connectivity index (χ0v) is 15.8. The molecule has 29 heavy (non-hydrogen) atoms. The average molecular weight is 399 g/mol. The van der Waals surface area contributed by atoms with Crippen LogP contribution in [0, 0.1) is 12.3 Å². The number of hydrogen-bond acceptors (Lipinski definition) is 6. The van der Waals surface area contributed by atoms with Gasteiger partial charge in [0.2, 0.25) is 0 Å². The first-order valence-corrected chi connectivity index (χ1v) is 8.84. The van der Waals surface area contributed by atoms with Crippen molar-refractivity contribution in [2.75, 3.05) is 6.61 Å². The number of carbonyl (C=O) groups is 4. The zero-order chi connectivity index (χ0) is 21.4. The molecule has 0 aliphatic heterocycles. The molecule has 0 fully saturated rings. The van der Waals surface area contributed by atoms with Gasteiger partial charge in [0.25, 0.3) is 0 Å². The molecule has 0 bridgehead atoms. The smallest absolute Gasteiger partial charge is 0.325 e. The Morgan fingerprint density at radius 1 is 1.07 bits per heavy atom. The van der Waals surface area contributed by atoms with Crippen LogP contribution in [0.5, 0.6) is 0 Å². The van der Waals surface area contributed by atoms with Gasteiger partial charge in [-0.1, -0.05) is 30.3 Å². The maximum absolute atomic E-state index is 13.1. The molecule has 2 aromatic rings. The molecule has 1 aromatic carbocycles. The fourth-order valence-corrected chi connectivity index (χ4v) is 2.88. The summed E-state index contributed by atoms with van der Waals surface area (Å²) in [5, 5.41) is 18.8. The van der Waals surface area contributed by atoms with Gasteiger partial charge in [0.15, 0.2) is 17.0 Å². The van der Waals surface area contributed by atoms with Crippen LogP contribution in [0.1, 0.15) is 34.3 Å². The second-order valence-corrected chi connectivity index (χ2v) is 6.59. The number of carbonyl (C=O) groups excluding carboxylic acids is 2. The Labute approximate surface area is 167 Å². The van der Waals surface area contributed by atoms with E-state index in [1.54, 1.807) is 31.2 Å². The number of aromatic nitrogens is 1. The van der Waals surface area contributed by atoms with Crippen molar-refractivity contribution in [2.24, 2.45) is 5.41 Å². The monoisotopic (exact) mass is 399 g/mol. The average Bonchev–Trinajstić information content (AvgIpc) is 2.68. The summed E-state index contributed by atoms with van der Waals surface area (Å²) in [5.41, 5.74) is -1.28. The molecule has 0 aliphatic rings. The van der Waals surface area contributed by atoms with Gasteiger partial charge in [-0.25, -0.2) is 0 Å². The van der Waals surface area contributed by atoms with Gasteiger partial charge in [-0.3, -0.25) is 24.2 Å². The summed E-state index contributed by atoms with van der Waals surface area (Å²) in [6.07, 6.45) is 1.28. The van der Waals surface area contributed by atoms with Gasteiger partial charge in [-0.15, -0.1) is 0 Å². The minimum atomic E-state index is -2.56. The van der Waals surface area contributed by atoms with E-state index in [-0.39, 0.29) is 12.2 Å². The summed E-state index contributed by atoms with van der Waals surface area (Å²) in [6, 6.07) is 10.3. The fourth-order valence-electron chi connectivity index (χ4n) is 2.88. The molecule has 0 spiro atoms. The van der Waals surface area contributed by atoms with Crippen molar-refractivity contribution < 1.29 is 34.1 Å². The third-order valence-corrected chi connectivity index (χ3v) is 4.42. The lowest BCUT2D eigenvalue weighted by atomic mass is 9.73. The largest absolute Gasteiger partial charge is 0.481 e. The molecule has 0 amide bonds. The standard InChI is InChI=1S/C21H21NO7/c1-14-9-16(11-22-10-14)19(26)21(20(27)28,8-7-18(24)25)17(23)13-29-12-15-5-3-2-4-6-15/h2-6,9-11H,7-8,12-13H2,1H3,(H,24,25)(H,27,28). The lowest BCUT2D eigenvalue weighted by Crippen LogP contribution is -2.48. The number of rotatable bonds is 11. The maximum Gasteiger partial charge on any atom is 0.325 e. The van der Waals surface area contributed by atoms with E-state index < -0.39 is 48.4 Å². The van der Waals surface area contributed by atoms with Gasteiger partial charge < -0.3 is 14.9 Å². The first kappa shape index (κ1) is 21.9. The number of pyridine rings is 1. The Morgan fingerprint density at radius 3 is 2.34 bits per heavy atom. The highest BCUT2D eigenvalue weighted by Crippen LogP contribution is 2.31. The minimum Gasteiger partial charge on any atom is -0.481 e. The highest BCUT2D eigenvalue weighted by molar-refractivity contribution is 6.27. The second kappa shape index (κ2) is 9.70. The molecule has 1 unspecified atom stereocenters. The fraction of sp³-hybridized carbons (Fsp3) is 0.286. The van der Waals surface area contributed by atoms with Crippen LogP contribution in [0.3, 0.4) is 0 Å². The van der Waals surface area contributed by atoms with Crippen LogP contribution in [0.2, 0.25) is 0 Å². The second-order valence-electron chi connectivity index (χ2n) is 6.59. The summed E-state index contributed by atoms with van der Waals surface area (Å²) in [7, 11) is 0. The molecule has 1 heterocycles. The van der Waals surface area contributed by atoms with Crippen molar-refractivity contribution in [3.63, 3.8) is 0 Å². The first-order chi connectivity index (χ1) is 13.8. The number of ketones is 2. The van der Waals surface area contributed by atoms with Crippen LogP contribution >= 0.6 is 0 Å². The summed E-state index contributed by atoms with van der Waals surface area (Å²) < 4.78 is 5.33. The molecule has 0 radical (unpaired) electrons. The molecule has 0 saturated heterocycles. The van der Waals surface area contributed by atoms with E-state index >= 15 is 0 Å². The van der Waals surface area contributed by atoms with E-state index in [9.17, 15) is 24.3 Å². The number of nitrogens with zero attached hydrogens (tertiary/aromatic N) is 1. The lowest BCUT2D eigenvalue weighted by Gasteiger charge is -2.26. The highest BCUT2D eigenvalue weighted by Gasteiger charge is 2.52. The predicted molar refractivity (Wildman–Crippen MR) is 101 cm³/mol. The van der Waals surface area contributed by atoms with Gasteiger partial charge in [0.05, 0.1) is 6.61 Å². The molecule has 2 rings (SSSR count). The summed E-state index contributed by atoms with van der Waals surface area (Å²) in [5.74, 6) is -5.04. The van der Waals surface area contributed by atoms with Crippen LogP contribution in [0.15, 0.2) is 48.8 Å². The SMILES string of the molecule is Cc1cncc(C(=O)C(CCC(=O)O)(C(=O)O)C(=O)COCc2ccccc2)c1. The number of carboxylic acid groups (broad SMARTS) is 2. The van der Waals surface area contributed by atoms with Crippen LogP contribution < -0.4 is 0 Å². The molecule has 0 aliphatic carbocycles. The Balaban J connectivity index is 2.31. The van der Waals surface area contributed by atoms with Crippen LogP contribution in [0.4, 0.5) is 0 Å². The third-order valence-electron chi connectivity index (χ3n) is 4.42. The number of Topliss-reactive ketones (excluding diaryl/α,β-unsaturated/α-hetero) is 2. The number of aryl methyl sites for hydroxylation is 1. The molecule has 8 heteroatoms. The Kier molecular flexibility index (Phi) is 7.33. The molecular formula is C21H21NO7. The van der Waals surface area contributed by atoms with E-state index in [4.69, 9.17) is 9.84 Å². The van der Waals surface area contributed by atoms with Gasteiger partial charge >= 0.3 is 11.9 Å². The van der Waals surface area contributed by atoms with Crippen molar-refractivity contribution in [1.82, 2.24) is 4.98 Å². The third kappa shape index (κ3) is 5.32. The number of benzene rings is 1. The lowest BCUT2D eigenvalue weighted by molar-refractivity contribution is -0.154. The van der Waals surface area contributed by atoms with Gasteiger partial charge in [0.1, 0.15) is 6.61 Å². The van der Waals surface area contributed by atoms with Crippen molar-refractivity contribution >= 4 is 23.5 Å². The molecule has 1 aromatic heterocycles. The Bertz CT molecular complexity index is 910. The van der Waals surface area contributed by atoms with Crippen molar-refractivity contribution in [3.05, 3.63) is 65.5 Å². The van der Waals surface area contributed by atoms with Crippen LogP contribution in [0.25, 0.3) is 0 Å². The topological polar surface area (TPSA) is 131 Å². The van der Waals surface area contributed by atoms with Crippen molar-refractivity contribution in [2.45, 2.75) is 26.4 Å². The van der Waals surface area contributed by atoms with E-state index in [2.05, 4.69) is 4.98 Å². The first-order valence-electron chi connectivity index (χ1n) is 8.84. The number of ether oxygens (including phenoxy) is 1. The quantitative estimate of drug-likeness (QED) is 0.435. The van der Waals surface area contributed by atoms with Gasteiger partial charge in [-0.2, -0.15) is 0 Å². The van der Waals surface area contributed by atoms with Crippen molar-refractivity contribution in [1.29, 1.82) is 0 Å². The normalized spacial score (nSPS) is 12.7. The maximum atomic E-state index is 13.1. The van der Waals surface area contributed by atoms with Crippen LogP contribution in [-0.4, -0.2) is 45.3 Å². The predicted octanol–water partition coefficient (Wildman–Crippen LogP) is 2.29. The number of carboxylic acids is 2. The summed E-state index contributed by atoms with van der Waals surface area (Å²) in [4.78, 5) is 52.9. The summed E-state index contributed by atoms with van der Waals surface area (Å²) >= 11 is 0. The zero-order valence-electron chi connectivity index (χ0n) is 15.8. The van der Waals surface area contributed by atoms with E-state index in [0.717, 1.165) is 11.8 Å². The van der Waals surface area contributed by atoms with E-state index in [1.807, 2.05) is 6.07 Å². The molecule has 2 N–H and O–H groups in total. The molecule has 8 nitrogen and oxygen atoms in total.